The van der Waals surface area contributed by atoms with E-state index in [1.165, 1.54) is 0 Å². The van der Waals surface area contributed by atoms with Crippen molar-refractivity contribution in [1.82, 2.24) is 9.97 Å². The second-order valence-electron chi connectivity index (χ2n) is 6.91. The Morgan fingerprint density at radius 3 is 2.75 bits per heavy atom. The van der Waals surface area contributed by atoms with E-state index in [-0.39, 0.29) is 11.8 Å². The Kier molecular flexibility index (Phi) is 5.53. The Hall–Kier alpha value is -2.92. The van der Waals surface area contributed by atoms with Gasteiger partial charge < -0.3 is 10.2 Å². The standard InChI is InChI=1S/C22H21ClN4O/c23-18-9-4-10-19(12-18)26-22(28)17-8-5-11-27(14-17)21-13-20(24-15-25-21)16-6-2-1-3-7-16/h1-4,6-7,9-10,12-13,15,17H,5,8,11,14H2,(H,26,28). The zero-order valence-corrected chi connectivity index (χ0v) is 16.1. The predicted octanol–water partition coefficient (Wildman–Crippen LogP) is 4.65. The molecule has 1 N–H and O–H groups in total. The molecule has 5 nitrogen and oxygen atoms in total. The van der Waals surface area contributed by atoms with Crippen LogP contribution in [0.1, 0.15) is 12.8 Å². The highest BCUT2D eigenvalue weighted by Gasteiger charge is 2.27. The van der Waals surface area contributed by atoms with E-state index in [0.29, 0.717) is 11.6 Å². The van der Waals surface area contributed by atoms with Gasteiger partial charge in [-0.1, -0.05) is 48.0 Å². The summed E-state index contributed by atoms with van der Waals surface area (Å²) in [6.07, 6.45) is 3.39. The van der Waals surface area contributed by atoms with Crippen LogP contribution in [0.2, 0.25) is 5.02 Å². The van der Waals surface area contributed by atoms with Crippen LogP contribution in [0, 0.1) is 5.92 Å². The lowest BCUT2D eigenvalue weighted by molar-refractivity contribution is -0.120. The maximum absolute atomic E-state index is 12.7. The largest absolute Gasteiger partial charge is 0.356 e. The molecule has 1 aliphatic rings. The first-order valence-electron chi connectivity index (χ1n) is 9.38. The minimum Gasteiger partial charge on any atom is -0.356 e. The smallest absolute Gasteiger partial charge is 0.229 e. The molecule has 28 heavy (non-hydrogen) atoms. The van der Waals surface area contributed by atoms with E-state index < -0.39 is 0 Å². The van der Waals surface area contributed by atoms with Gasteiger partial charge in [0.1, 0.15) is 12.1 Å². The molecule has 0 aliphatic carbocycles. The molecule has 3 aromatic rings. The molecule has 0 radical (unpaired) electrons. The number of benzene rings is 2. The molecule has 1 aliphatic heterocycles. The van der Waals surface area contributed by atoms with Crippen LogP contribution in [0.4, 0.5) is 11.5 Å². The third-order valence-electron chi connectivity index (χ3n) is 4.93. The average Bonchev–Trinajstić information content (AvgIpc) is 2.74. The van der Waals surface area contributed by atoms with Gasteiger partial charge in [0.05, 0.1) is 11.6 Å². The molecule has 0 bridgehead atoms. The summed E-state index contributed by atoms with van der Waals surface area (Å²) >= 11 is 6.01. The fourth-order valence-corrected chi connectivity index (χ4v) is 3.69. The van der Waals surface area contributed by atoms with Gasteiger partial charge in [-0.05, 0) is 31.0 Å². The Morgan fingerprint density at radius 2 is 1.93 bits per heavy atom. The van der Waals surface area contributed by atoms with Crippen molar-refractivity contribution in [2.24, 2.45) is 5.92 Å². The average molecular weight is 393 g/mol. The van der Waals surface area contributed by atoms with Gasteiger partial charge >= 0.3 is 0 Å². The molecular formula is C22H21ClN4O. The van der Waals surface area contributed by atoms with Crippen molar-refractivity contribution >= 4 is 29.0 Å². The molecule has 2 aromatic carbocycles. The highest BCUT2D eigenvalue weighted by molar-refractivity contribution is 6.30. The first-order chi connectivity index (χ1) is 13.7. The molecule has 1 saturated heterocycles. The Bertz CT molecular complexity index is 964. The third kappa shape index (κ3) is 4.31. The van der Waals surface area contributed by atoms with Crippen LogP contribution in [-0.2, 0) is 4.79 Å². The van der Waals surface area contributed by atoms with Gasteiger partial charge in [-0.15, -0.1) is 0 Å². The van der Waals surface area contributed by atoms with E-state index in [0.717, 1.165) is 42.1 Å². The summed E-state index contributed by atoms with van der Waals surface area (Å²) in [5.41, 5.74) is 2.66. The summed E-state index contributed by atoms with van der Waals surface area (Å²) in [6.45, 7) is 1.52. The van der Waals surface area contributed by atoms with Gasteiger partial charge in [0, 0.05) is 35.4 Å². The van der Waals surface area contributed by atoms with Crippen molar-refractivity contribution in [3.05, 3.63) is 72.0 Å². The molecular weight excluding hydrogens is 372 g/mol. The summed E-state index contributed by atoms with van der Waals surface area (Å²) in [5, 5.41) is 3.59. The van der Waals surface area contributed by atoms with Crippen LogP contribution < -0.4 is 10.2 Å². The quantitative estimate of drug-likeness (QED) is 0.702. The number of hydrogen-bond donors (Lipinski definition) is 1. The second-order valence-corrected chi connectivity index (χ2v) is 7.35. The SMILES string of the molecule is O=C(Nc1cccc(Cl)c1)C1CCCN(c2cc(-c3ccccc3)ncn2)C1. The maximum Gasteiger partial charge on any atom is 0.229 e. The molecule has 6 heteroatoms. The molecule has 2 heterocycles. The van der Waals surface area contributed by atoms with Gasteiger partial charge in [-0.25, -0.2) is 9.97 Å². The fraction of sp³-hybridized carbons (Fsp3) is 0.227. The third-order valence-corrected chi connectivity index (χ3v) is 5.17. The number of halogens is 1. The number of carbonyl (C=O) groups is 1. The number of anilines is 2. The summed E-state index contributed by atoms with van der Waals surface area (Å²) in [7, 11) is 0. The lowest BCUT2D eigenvalue weighted by Crippen LogP contribution is -2.41. The maximum atomic E-state index is 12.7. The molecule has 1 unspecified atom stereocenters. The van der Waals surface area contributed by atoms with Crippen LogP contribution in [0.25, 0.3) is 11.3 Å². The molecule has 142 valence electrons. The first kappa shape index (κ1) is 18.4. The number of nitrogens with one attached hydrogen (secondary N) is 1. The molecule has 4 rings (SSSR count). The highest BCUT2D eigenvalue weighted by Crippen LogP contribution is 2.26. The van der Waals surface area contributed by atoms with Crippen LogP contribution >= 0.6 is 11.6 Å². The van der Waals surface area contributed by atoms with Gasteiger partial charge in [0.2, 0.25) is 5.91 Å². The molecule has 1 aromatic heterocycles. The second kappa shape index (κ2) is 8.40. The molecule has 1 amide bonds. The van der Waals surface area contributed by atoms with Crippen molar-refractivity contribution in [2.45, 2.75) is 12.8 Å². The molecule has 1 atom stereocenters. The van der Waals surface area contributed by atoms with Crippen LogP contribution in [0.15, 0.2) is 67.0 Å². The Morgan fingerprint density at radius 1 is 1.07 bits per heavy atom. The van der Waals surface area contributed by atoms with Gasteiger partial charge in [-0.2, -0.15) is 0 Å². The minimum absolute atomic E-state index is 0.0179. The Labute approximate surface area is 169 Å². The van der Waals surface area contributed by atoms with Gasteiger partial charge in [-0.3, -0.25) is 4.79 Å². The first-order valence-corrected chi connectivity index (χ1v) is 9.76. The number of amides is 1. The zero-order chi connectivity index (χ0) is 19.3. The summed E-state index contributed by atoms with van der Waals surface area (Å²) in [4.78, 5) is 23.7. The van der Waals surface area contributed by atoms with Crippen LogP contribution in [-0.4, -0.2) is 29.0 Å². The molecule has 0 saturated carbocycles. The topological polar surface area (TPSA) is 58.1 Å². The van der Waals surface area contributed by atoms with Crippen molar-refractivity contribution < 1.29 is 4.79 Å². The lowest BCUT2D eigenvalue weighted by atomic mass is 9.97. The zero-order valence-electron chi connectivity index (χ0n) is 15.4. The van der Waals surface area contributed by atoms with E-state index in [1.807, 2.05) is 48.5 Å². The van der Waals surface area contributed by atoms with E-state index in [9.17, 15) is 4.79 Å². The summed E-state index contributed by atoms with van der Waals surface area (Å²) in [6, 6.07) is 19.3. The number of nitrogens with zero attached hydrogens (tertiary/aromatic N) is 3. The van der Waals surface area contributed by atoms with Crippen LogP contribution in [0.3, 0.4) is 0 Å². The van der Waals surface area contributed by atoms with E-state index in [4.69, 9.17) is 11.6 Å². The normalized spacial score (nSPS) is 16.6. The van der Waals surface area contributed by atoms with Gasteiger partial charge in [0.25, 0.3) is 0 Å². The van der Waals surface area contributed by atoms with Gasteiger partial charge in [0.15, 0.2) is 0 Å². The van der Waals surface area contributed by atoms with E-state index in [2.05, 4.69) is 20.2 Å². The molecule has 1 fully saturated rings. The van der Waals surface area contributed by atoms with Crippen molar-refractivity contribution in [3.63, 3.8) is 0 Å². The lowest BCUT2D eigenvalue weighted by Gasteiger charge is -2.33. The van der Waals surface area contributed by atoms with E-state index in [1.54, 1.807) is 18.5 Å². The summed E-state index contributed by atoms with van der Waals surface area (Å²) < 4.78 is 0. The number of hydrogen-bond acceptors (Lipinski definition) is 4. The van der Waals surface area contributed by atoms with Crippen molar-refractivity contribution in [1.29, 1.82) is 0 Å². The Balaban J connectivity index is 1.47. The number of rotatable bonds is 4. The monoisotopic (exact) mass is 392 g/mol. The van der Waals surface area contributed by atoms with Crippen LogP contribution in [0.5, 0.6) is 0 Å². The number of aromatic nitrogens is 2. The summed E-state index contributed by atoms with van der Waals surface area (Å²) in [5.74, 6) is 0.779. The number of piperidine rings is 1. The number of carbonyl (C=O) groups excluding carboxylic acids is 1. The highest BCUT2D eigenvalue weighted by atomic mass is 35.5. The van der Waals surface area contributed by atoms with Crippen molar-refractivity contribution in [3.8, 4) is 11.3 Å². The van der Waals surface area contributed by atoms with E-state index >= 15 is 0 Å². The fourth-order valence-electron chi connectivity index (χ4n) is 3.50. The minimum atomic E-state index is -0.0946. The predicted molar refractivity (Wildman–Crippen MR) is 112 cm³/mol. The van der Waals surface area contributed by atoms with Crippen molar-refractivity contribution in [2.75, 3.05) is 23.3 Å². The molecule has 0 spiro atoms.